The van der Waals surface area contributed by atoms with Crippen molar-refractivity contribution < 1.29 is 18.7 Å². The Balaban J connectivity index is 1.71. The van der Waals surface area contributed by atoms with E-state index in [4.69, 9.17) is 16.3 Å². The van der Waals surface area contributed by atoms with Crippen molar-refractivity contribution in [1.82, 2.24) is 15.1 Å². The molecule has 6 nitrogen and oxygen atoms in total. The zero-order valence-electron chi connectivity index (χ0n) is 14.3. The lowest BCUT2D eigenvalue weighted by Gasteiger charge is -2.35. The molecule has 0 radical (unpaired) electrons. The van der Waals surface area contributed by atoms with Crippen LogP contribution in [0.2, 0.25) is 5.02 Å². The first-order valence-electron chi connectivity index (χ1n) is 8.34. The summed E-state index contributed by atoms with van der Waals surface area (Å²) in [5, 5.41) is 2.96. The molecule has 1 aromatic rings. The highest BCUT2D eigenvalue weighted by atomic mass is 35.5. The van der Waals surface area contributed by atoms with E-state index < -0.39 is 6.09 Å². The molecular formula is C17H23ClFN3O3. The quantitative estimate of drug-likeness (QED) is 0.833. The highest BCUT2D eigenvalue weighted by Crippen LogP contribution is 2.19. The summed E-state index contributed by atoms with van der Waals surface area (Å²) in [5.74, 6) is -0.336. The number of piperazine rings is 1. The summed E-state index contributed by atoms with van der Waals surface area (Å²) < 4.78 is 17.8. The van der Waals surface area contributed by atoms with Gasteiger partial charge >= 0.3 is 6.09 Å². The second-order valence-electron chi connectivity index (χ2n) is 5.79. The minimum absolute atomic E-state index is 0.0104. The van der Waals surface area contributed by atoms with Gasteiger partial charge in [0.1, 0.15) is 5.82 Å². The van der Waals surface area contributed by atoms with Crippen LogP contribution >= 0.6 is 11.6 Å². The fraction of sp³-hybridized carbons (Fsp3) is 0.529. The van der Waals surface area contributed by atoms with Gasteiger partial charge in [0.2, 0.25) is 5.91 Å². The molecule has 1 N–H and O–H groups in total. The van der Waals surface area contributed by atoms with E-state index in [1.54, 1.807) is 17.9 Å². The number of amides is 2. The summed E-state index contributed by atoms with van der Waals surface area (Å²) in [4.78, 5) is 27.3. The van der Waals surface area contributed by atoms with E-state index in [-0.39, 0.29) is 24.7 Å². The van der Waals surface area contributed by atoms with Gasteiger partial charge in [-0.3, -0.25) is 9.69 Å². The fourth-order valence-corrected chi connectivity index (χ4v) is 2.88. The van der Waals surface area contributed by atoms with Crippen LogP contribution in [-0.2, 0) is 16.1 Å². The van der Waals surface area contributed by atoms with Gasteiger partial charge in [-0.2, -0.15) is 0 Å². The van der Waals surface area contributed by atoms with Crippen LogP contribution in [-0.4, -0.2) is 61.1 Å². The molecule has 1 aromatic carbocycles. The highest BCUT2D eigenvalue weighted by Gasteiger charge is 2.21. The lowest BCUT2D eigenvalue weighted by molar-refractivity contribution is -0.132. The van der Waals surface area contributed by atoms with Crippen molar-refractivity contribution in [1.29, 1.82) is 0 Å². The predicted molar refractivity (Wildman–Crippen MR) is 92.9 cm³/mol. The summed E-state index contributed by atoms with van der Waals surface area (Å²) >= 11 is 6.06. The van der Waals surface area contributed by atoms with Crippen LogP contribution in [0.15, 0.2) is 18.2 Å². The third-order valence-corrected chi connectivity index (χ3v) is 4.37. The first-order valence-corrected chi connectivity index (χ1v) is 8.72. The molecule has 0 unspecified atom stereocenters. The third-order valence-electron chi connectivity index (χ3n) is 4.02. The van der Waals surface area contributed by atoms with Crippen molar-refractivity contribution in [3.63, 3.8) is 0 Å². The summed E-state index contributed by atoms with van der Waals surface area (Å²) in [5.41, 5.74) is 0.876. The van der Waals surface area contributed by atoms with E-state index in [1.807, 2.05) is 0 Å². The first-order chi connectivity index (χ1) is 12.0. The monoisotopic (exact) mass is 371 g/mol. The van der Waals surface area contributed by atoms with Crippen LogP contribution in [0.3, 0.4) is 0 Å². The number of carbonyl (C=O) groups is 2. The zero-order valence-corrected chi connectivity index (χ0v) is 15.0. The van der Waals surface area contributed by atoms with Crippen LogP contribution < -0.4 is 5.32 Å². The average molecular weight is 372 g/mol. The van der Waals surface area contributed by atoms with Crippen molar-refractivity contribution in [3.8, 4) is 0 Å². The number of carbonyl (C=O) groups excluding carboxylic acids is 2. The van der Waals surface area contributed by atoms with Crippen LogP contribution in [0, 0.1) is 5.82 Å². The Morgan fingerprint density at radius 1 is 1.28 bits per heavy atom. The Hall–Kier alpha value is -1.86. The lowest BCUT2D eigenvalue weighted by atomic mass is 10.2. The first kappa shape index (κ1) is 19.5. The van der Waals surface area contributed by atoms with Gasteiger partial charge in [-0.15, -0.1) is 0 Å². The molecule has 1 aliphatic heterocycles. The van der Waals surface area contributed by atoms with Gasteiger partial charge in [0, 0.05) is 50.7 Å². The summed E-state index contributed by atoms with van der Waals surface area (Å²) in [6, 6.07) is 4.40. The minimum Gasteiger partial charge on any atom is -0.450 e. The number of hydrogen-bond donors (Lipinski definition) is 1. The summed E-state index contributed by atoms with van der Waals surface area (Å²) in [6.07, 6.45) is -0.251. The van der Waals surface area contributed by atoms with Gasteiger partial charge in [-0.05, 0) is 24.6 Å². The Morgan fingerprint density at radius 2 is 2.00 bits per heavy atom. The molecule has 0 spiro atoms. The number of alkyl carbamates (subject to hydrolysis) is 1. The molecule has 0 atom stereocenters. The molecule has 1 saturated heterocycles. The maximum Gasteiger partial charge on any atom is 0.407 e. The van der Waals surface area contributed by atoms with Crippen molar-refractivity contribution in [3.05, 3.63) is 34.6 Å². The number of nitrogens with one attached hydrogen (secondary N) is 1. The maximum absolute atomic E-state index is 13.1. The van der Waals surface area contributed by atoms with E-state index in [0.717, 1.165) is 18.7 Å². The molecule has 25 heavy (non-hydrogen) atoms. The number of rotatable bonds is 6. The molecule has 0 aliphatic carbocycles. The van der Waals surface area contributed by atoms with E-state index in [2.05, 4.69) is 10.2 Å². The normalized spacial score (nSPS) is 15.1. The number of hydrogen-bond acceptors (Lipinski definition) is 4. The van der Waals surface area contributed by atoms with Crippen LogP contribution in [0.25, 0.3) is 0 Å². The van der Waals surface area contributed by atoms with Gasteiger partial charge < -0.3 is 15.0 Å². The Kier molecular flexibility index (Phi) is 7.46. The summed E-state index contributed by atoms with van der Waals surface area (Å²) in [6.45, 7) is 5.63. The average Bonchev–Trinajstić information content (AvgIpc) is 2.58. The minimum atomic E-state index is -0.503. The van der Waals surface area contributed by atoms with Crippen LogP contribution in [0.5, 0.6) is 0 Å². The van der Waals surface area contributed by atoms with Gasteiger partial charge in [0.25, 0.3) is 0 Å². The van der Waals surface area contributed by atoms with Gasteiger partial charge in [0.15, 0.2) is 0 Å². The fourth-order valence-electron chi connectivity index (χ4n) is 2.66. The van der Waals surface area contributed by atoms with Crippen LogP contribution in [0.4, 0.5) is 9.18 Å². The zero-order chi connectivity index (χ0) is 18.2. The molecule has 0 saturated carbocycles. The Labute approximate surface area is 151 Å². The molecule has 1 aliphatic rings. The number of halogens is 2. The van der Waals surface area contributed by atoms with E-state index in [9.17, 15) is 14.0 Å². The second kappa shape index (κ2) is 9.58. The molecule has 0 aromatic heterocycles. The van der Waals surface area contributed by atoms with Gasteiger partial charge in [-0.25, -0.2) is 9.18 Å². The number of ether oxygens (including phenoxy) is 1. The lowest BCUT2D eigenvalue weighted by Crippen LogP contribution is -2.48. The molecule has 1 fully saturated rings. The number of nitrogens with zero attached hydrogens (tertiary/aromatic N) is 2. The smallest absolute Gasteiger partial charge is 0.407 e. The van der Waals surface area contributed by atoms with Crippen molar-refractivity contribution in [2.45, 2.75) is 19.9 Å². The van der Waals surface area contributed by atoms with Crippen molar-refractivity contribution in [2.24, 2.45) is 0 Å². The van der Waals surface area contributed by atoms with E-state index in [0.29, 0.717) is 31.3 Å². The predicted octanol–water partition coefficient (Wildman–Crippen LogP) is 2.26. The van der Waals surface area contributed by atoms with Gasteiger partial charge in [-0.1, -0.05) is 17.7 Å². The van der Waals surface area contributed by atoms with Crippen molar-refractivity contribution >= 4 is 23.6 Å². The van der Waals surface area contributed by atoms with Crippen molar-refractivity contribution in [2.75, 3.05) is 39.3 Å². The van der Waals surface area contributed by atoms with E-state index in [1.165, 1.54) is 12.1 Å². The molecule has 0 bridgehead atoms. The SMILES string of the molecule is CCOC(=O)NCCC(=O)N1CCN(Cc2ccc(F)cc2Cl)CC1. The molecule has 2 amide bonds. The maximum atomic E-state index is 13.1. The second-order valence-corrected chi connectivity index (χ2v) is 6.20. The van der Waals surface area contributed by atoms with E-state index >= 15 is 0 Å². The third kappa shape index (κ3) is 6.17. The standard InChI is InChI=1S/C17H23ClFN3O3/c1-2-25-17(24)20-6-5-16(23)22-9-7-21(8-10-22)12-13-3-4-14(19)11-15(13)18/h3-4,11H,2,5-10,12H2,1H3,(H,20,24). The van der Waals surface area contributed by atoms with Crippen LogP contribution in [0.1, 0.15) is 18.9 Å². The summed E-state index contributed by atoms with van der Waals surface area (Å²) in [7, 11) is 0. The molecule has 8 heteroatoms. The molecular weight excluding hydrogens is 349 g/mol. The number of benzene rings is 1. The molecule has 2 rings (SSSR count). The molecule has 1 heterocycles. The van der Waals surface area contributed by atoms with Gasteiger partial charge in [0.05, 0.1) is 6.61 Å². The Bertz CT molecular complexity index is 607. The molecule has 138 valence electrons. The highest BCUT2D eigenvalue weighted by molar-refractivity contribution is 6.31. The topological polar surface area (TPSA) is 61.9 Å². The Morgan fingerprint density at radius 3 is 2.64 bits per heavy atom. The largest absolute Gasteiger partial charge is 0.450 e.